The van der Waals surface area contributed by atoms with Crippen LogP contribution in [0.1, 0.15) is 134 Å². The van der Waals surface area contributed by atoms with Crippen LogP contribution in [-0.4, -0.2) is 47.4 Å². The van der Waals surface area contributed by atoms with Crippen molar-refractivity contribution in [2.24, 2.45) is 45.3 Å². The number of esters is 3. The molecule has 0 N–H and O–H groups in total. The van der Waals surface area contributed by atoms with Crippen LogP contribution in [0.3, 0.4) is 0 Å². The van der Waals surface area contributed by atoms with Gasteiger partial charge in [0.05, 0.1) is 11.7 Å². The van der Waals surface area contributed by atoms with Gasteiger partial charge in [0, 0.05) is 32.1 Å². The number of ether oxygens (including phenoxy) is 4. The van der Waals surface area contributed by atoms with E-state index in [2.05, 4.69) is 41.5 Å². The van der Waals surface area contributed by atoms with Crippen LogP contribution in [-0.2, 0) is 33.3 Å². The lowest BCUT2D eigenvalue weighted by atomic mass is 9.35. The zero-order valence-corrected chi connectivity index (χ0v) is 28.8. The summed E-state index contributed by atoms with van der Waals surface area (Å²) in [5, 5.41) is 0. The van der Waals surface area contributed by atoms with E-state index in [9.17, 15) is 14.4 Å². The molecule has 5 rings (SSSR count). The summed E-state index contributed by atoms with van der Waals surface area (Å²) in [7, 11) is 0. The highest BCUT2D eigenvalue weighted by molar-refractivity contribution is 5.67. The standard InChI is InChI=1S/C36H58O7/c1-21(37)40-25-20-27-33(8)16-14-28(41-22(2)38)31(4,5)26(33)13-18-34(27,9)35(10)17-12-24(30(25)35)36(11)19-15-29(43-36)32(6,7)42-23(3)39/h24-30H,12-20H2,1-11H3. The average molecular weight is 603 g/mol. The van der Waals surface area contributed by atoms with Crippen molar-refractivity contribution in [3.05, 3.63) is 0 Å². The lowest BCUT2D eigenvalue weighted by Gasteiger charge is -2.70. The van der Waals surface area contributed by atoms with E-state index in [0.717, 1.165) is 57.8 Å². The first-order valence-corrected chi connectivity index (χ1v) is 16.9. The molecule has 0 bridgehead atoms. The SMILES string of the molecule is CC(=O)OC1CC2C3(C)CCC(OC(C)=O)C(C)(C)C3CCC2(C)C2(C)CCC(C3(C)CCC(C(C)(C)OC(C)=O)O3)C12. The minimum Gasteiger partial charge on any atom is -0.462 e. The lowest BCUT2D eigenvalue weighted by Crippen LogP contribution is -2.67. The Labute approximate surface area is 259 Å². The van der Waals surface area contributed by atoms with E-state index in [4.69, 9.17) is 18.9 Å². The molecule has 244 valence electrons. The van der Waals surface area contributed by atoms with Gasteiger partial charge in [0.2, 0.25) is 0 Å². The van der Waals surface area contributed by atoms with Gasteiger partial charge in [0.1, 0.15) is 17.8 Å². The molecule has 4 saturated carbocycles. The number of fused-ring (bicyclic) bond motifs is 5. The maximum absolute atomic E-state index is 12.7. The van der Waals surface area contributed by atoms with Gasteiger partial charge in [-0.25, -0.2) is 0 Å². The van der Waals surface area contributed by atoms with Crippen LogP contribution >= 0.6 is 0 Å². The highest BCUT2D eigenvalue weighted by Gasteiger charge is 2.72. The Hall–Kier alpha value is -1.63. The van der Waals surface area contributed by atoms with Gasteiger partial charge < -0.3 is 18.9 Å². The van der Waals surface area contributed by atoms with Gasteiger partial charge in [-0.15, -0.1) is 0 Å². The monoisotopic (exact) mass is 602 g/mol. The number of hydrogen-bond donors (Lipinski definition) is 0. The summed E-state index contributed by atoms with van der Waals surface area (Å²) < 4.78 is 24.9. The van der Waals surface area contributed by atoms with Crippen LogP contribution in [0.4, 0.5) is 0 Å². The molecule has 11 unspecified atom stereocenters. The molecular formula is C36H58O7. The predicted octanol–water partition coefficient (Wildman–Crippen LogP) is 7.42. The molecule has 5 aliphatic rings. The van der Waals surface area contributed by atoms with Crippen LogP contribution in [0.25, 0.3) is 0 Å². The number of hydrogen-bond acceptors (Lipinski definition) is 7. The summed E-state index contributed by atoms with van der Waals surface area (Å²) in [6.45, 7) is 22.9. The second-order valence-electron chi connectivity index (χ2n) is 17.2. The maximum atomic E-state index is 12.7. The van der Waals surface area contributed by atoms with Crippen LogP contribution < -0.4 is 0 Å². The smallest absolute Gasteiger partial charge is 0.303 e. The number of carbonyl (C=O) groups is 3. The molecule has 43 heavy (non-hydrogen) atoms. The number of carbonyl (C=O) groups excluding carboxylic acids is 3. The summed E-state index contributed by atoms with van der Waals surface area (Å²) in [5.74, 6) is 0.585. The van der Waals surface area contributed by atoms with E-state index in [0.29, 0.717) is 11.8 Å². The molecule has 5 fully saturated rings. The molecule has 7 nitrogen and oxygen atoms in total. The Kier molecular flexibility index (Phi) is 7.96. The normalized spacial score (nSPS) is 47.1. The Balaban J connectivity index is 1.49. The quantitative estimate of drug-likeness (QED) is 0.239. The first-order chi connectivity index (χ1) is 19.7. The van der Waals surface area contributed by atoms with Gasteiger partial charge in [-0.05, 0) is 113 Å². The van der Waals surface area contributed by atoms with Gasteiger partial charge in [-0.1, -0.05) is 34.6 Å². The largest absolute Gasteiger partial charge is 0.462 e. The minimum atomic E-state index is -0.699. The van der Waals surface area contributed by atoms with Crippen molar-refractivity contribution in [2.75, 3.05) is 0 Å². The fourth-order valence-corrected chi connectivity index (χ4v) is 12.2. The molecule has 0 amide bonds. The summed E-state index contributed by atoms with van der Waals surface area (Å²) in [4.78, 5) is 36.6. The Bertz CT molecular complexity index is 1140. The molecule has 1 aliphatic heterocycles. The minimum absolute atomic E-state index is 0.0125. The molecule has 11 atom stereocenters. The van der Waals surface area contributed by atoms with Crippen molar-refractivity contribution >= 4 is 17.9 Å². The molecule has 4 aliphatic carbocycles. The summed E-state index contributed by atoms with van der Waals surface area (Å²) in [5.41, 5.74) is -1.07. The third-order valence-electron chi connectivity index (χ3n) is 14.2. The topological polar surface area (TPSA) is 88.1 Å². The Morgan fingerprint density at radius 1 is 0.721 bits per heavy atom. The van der Waals surface area contributed by atoms with Gasteiger partial charge in [-0.2, -0.15) is 0 Å². The predicted molar refractivity (Wildman–Crippen MR) is 164 cm³/mol. The molecule has 0 aromatic heterocycles. The molecule has 7 heteroatoms. The van der Waals surface area contributed by atoms with Crippen molar-refractivity contribution in [1.82, 2.24) is 0 Å². The Morgan fingerprint density at radius 2 is 1.35 bits per heavy atom. The second kappa shape index (κ2) is 10.5. The third kappa shape index (κ3) is 4.97. The van der Waals surface area contributed by atoms with Gasteiger partial charge in [0.25, 0.3) is 0 Å². The molecule has 0 aromatic carbocycles. The molecule has 1 heterocycles. The van der Waals surface area contributed by atoms with E-state index in [1.54, 1.807) is 6.92 Å². The first-order valence-electron chi connectivity index (χ1n) is 16.9. The van der Waals surface area contributed by atoms with Gasteiger partial charge in [-0.3, -0.25) is 14.4 Å². The summed E-state index contributed by atoms with van der Waals surface area (Å²) >= 11 is 0. The van der Waals surface area contributed by atoms with E-state index in [1.807, 2.05) is 13.8 Å². The Morgan fingerprint density at radius 3 is 1.95 bits per heavy atom. The third-order valence-corrected chi connectivity index (χ3v) is 14.2. The molecule has 0 radical (unpaired) electrons. The average Bonchev–Trinajstić information content (AvgIpc) is 3.44. The summed E-state index contributed by atoms with van der Waals surface area (Å²) in [6, 6.07) is 0. The summed E-state index contributed by atoms with van der Waals surface area (Å²) in [6.07, 6.45) is 8.47. The van der Waals surface area contributed by atoms with Gasteiger partial charge >= 0.3 is 17.9 Å². The molecule has 0 aromatic rings. The second-order valence-corrected chi connectivity index (χ2v) is 17.2. The fourth-order valence-electron chi connectivity index (χ4n) is 12.2. The number of rotatable bonds is 5. The van der Waals surface area contributed by atoms with Crippen molar-refractivity contribution in [3.63, 3.8) is 0 Å². The van der Waals surface area contributed by atoms with Crippen LogP contribution in [0.5, 0.6) is 0 Å². The first kappa shape index (κ1) is 32.8. The van der Waals surface area contributed by atoms with E-state index >= 15 is 0 Å². The van der Waals surface area contributed by atoms with Crippen molar-refractivity contribution in [1.29, 1.82) is 0 Å². The van der Waals surface area contributed by atoms with Crippen molar-refractivity contribution < 1.29 is 33.3 Å². The molecular weight excluding hydrogens is 544 g/mol. The van der Waals surface area contributed by atoms with Crippen molar-refractivity contribution in [3.8, 4) is 0 Å². The van der Waals surface area contributed by atoms with Crippen LogP contribution in [0, 0.1) is 45.3 Å². The zero-order chi connectivity index (χ0) is 32.0. The van der Waals surface area contributed by atoms with Crippen LogP contribution in [0.2, 0.25) is 0 Å². The fraction of sp³-hybridized carbons (Fsp3) is 0.917. The molecule has 0 spiro atoms. The van der Waals surface area contributed by atoms with Crippen molar-refractivity contribution in [2.45, 2.75) is 163 Å². The van der Waals surface area contributed by atoms with Gasteiger partial charge in [0.15, 0.2) is 0 Å². The maximum Gasteiger partial charge on any atom is 0.303 e. The van der Waals surface area contributed by atoms with E-state index in [1.165, 1.54) is 13.8 Å². The zero-order valence-electron chi connectivity index (χ0n) is 28.8. The van der Waals surface area contributed by atoms with E-state index < -0.39 is 5.60 Å². The highest BCUT2D eigenvalue weighted by atomic mass is 16.6. The lowest BCUT2D eigenvalue weighted by molar-refractivity contribution is -0.254. The van der Waals surface area contributed by atoms with Crippen LogP contribution in [0.15, 0.2) is 0 Å². The van der Waals surface area contributed by atoms with E-state index in [-0.39, 0.29) is 75.3 Å². The molecule has 1 saturated heterocycles. The highest BCUT2D eigenvalue weighted by Crippen LogP contribution is 2.76.